The van der Waals surface area contributed by atoms with Crippen LogP contribution in [0.25, 0.3) is 0 Å². The van der Waals surface area contributed by atoms with Gasteiger partial charge in [-0.05, 0) is 0 Å². The Bertz CT molecular complexity index is 1580. The van der Waals surface area contributed by atoms with Crippen LogP contribution in [0.4, 0.5) is 87.8 Å². The summed E-state index contributed by atoms with van der Waals surface area (Å²) in [7, 11) is 0. The van der Waals surface area contributed by atoms with Crippen LogP contribution in [-0.2, 0) is 0 Å². The number of rotatable bonds is 4. The van der Waals surface area contributed by atoms with Gasteiger partial charge in [0.05, 0.1) is 0 Å². The van der Waals surface area contributed by atoms with Crippen molar-refractivity contribution < 1.29 is 87.8 Å². The summed E-state index contributed by atoms with van der Waals surface area (Å²) in [6.45, 7) is 0. The van der Waals surface area contributed by atoms with Crippen LogP contribution in [0.3, 0.4) is 0 Å². The quantitative estimate of drug-likeness (QED) is 0.107. The first-order chi connectivity index (χ1) is 20.7. The Kier molecular flexibility index (Phi) is 11.2. The summed E-state index contributed by atoms with van der Waals surface area (Å²) in [6, 6.07) is 0. The molecule has 0 radical (unpaired) electrons. The van der Waals surface area contributed by atoms with E-state index in [1.165, 1.54) is 0 Å². The third kappa shape index (κ3) is 5.17. The molecule has 250 valence electrons. The van der Waals surface area contributed by atoms with Gasteiger partial charge in [0.25, 0.3) is 0 Å². The molecule has 0 aliphatic heterocycles. The van der Waals surface area contributed by atoms with E-state index in [0.717, 1.165) is 0 Å². The van der Waals surface area contributed by atoms with Gasteiger partial charge >= 0.3 is 18.9 Å². The Morgan fingerprint density at radius 2 is 0.277 bits per heavy atom. The SMILES string of the molecule is Br.Fc1c(F)c(F)c([B-](c2c(F)c(F)c(F)c(F)c2F)(c2c(F)c(F)c(F)c(F)c2F)c2c(F)c(F)c(F)c(F)c2F)c(F)c1F.[LiH]. The van der Waals surface area contributed by atoms with E-state index in [-0.39, 0.29) is 35.8 Å². The van der Waals surface area contributed by atoms with E-state index in [2.05, 4.69) is 0 Å². The van der Waals surface area contributed by atoms with Crippen molar-refractivity contribution >= 4 is 63.8 Å². The molecule has 0 bridgehead atoms. The first-order valence-electron chi connectivity index (χ1n) is 10.9. The van der Waals surface area contributed by atoms with Crippen LogP contribution in [-0.4, -0.2) is 25.0 Å². The van der Waals surface area contributed by atoms with Crippen molar-refractivity contribution in [3.8, 4) is 0 Å². The van der Waals surface area contributed by atoms with Gasteiger partial charge in [0.15, 0.2) is 69.8 Å². The summed E-state index contributed by atoms with van der Waals surface area (Å²) in [4.78, 5) is 0. The average Bonchev–Trinajstić information content (AvgIpc) is 3.00. The molecule has 0 atom stereocenters. The van der Waals surface area contributed by atoms with Crippen molar-refractivity contribution in [2.24, 2.45) is 0 Å². The zero-order valence-electron chi connectivity index (χ0n) is 20.5. The molecule has 0 aliphatic rings. The fraction of sp³-hybridized carbons (Fsp3) is 0. The number of hydrogen-bond acceptors (Lipinski definition) is 0. The summed E-state index contributed by atoms with van der Waals surface area (Å²) in [5.41, 5.74) is -14.3. The molecule has 0 spiro atoms. The fourth-order valence-corrected chi connectivity index (χ4v) is 4.87. The van der Waals surface area contributed by atoms with E-state index in [4.69, 9.17) is 0 Å². The predicted molar refractivity (Wildman–Crippen MR) is 127 cm³/mol. The molecule has 0 saturated heterocycles. The van der Waals surface area contributed by atoms with E-state index >= 15 is 35.1 Å². The maximum absolute atomic E-state index is 15.4. The van der Waals surface area contributed by atoms with Crippen molar-refractivity contribution in [2.75, 3.05) is 0 Å². The molecule has 4 aromatic rings. The Balaban J connectivity index is 0.00000384. The first-order valence-corrected chi connectivity index (χ1v) is 10.9. The first kappa shape index (κ1) is 39.8. The molecular formula is C24H2BBrF20Li-. The van der Waals surface area contributed by atoms with E-state index in [0.29, 0.717) is 0 Å². The van der Waals surface area contributed by atoms with Gasteiger partial charge in [-0.25, -0.2) is 87.8 Å². The minimum absolute atomic E-state index is 0. The molecule has 4 aromatic carbocycles. The topological polar surface area (TPSA) is 0 Å². The van der Waals surface area contributed by atoms with Gasteiger partial charge in [-0.1, -0.05) is 0 Å². The second kappa shape index (κ2) is 13.3. The van der Waals surface area contributed by atoms with E-state index in [1.54, 1.807) is 0 Å². The van der Waals surface area contributed by atoms with Crippen LogP contribution in [0.15, 0.2) is 0 Å². The van der Waals surface area contributed by atoms with Gasteiger partial charge in [-0.3, -0.25) is 0 Å². The van der Waals surface area contributed by atoms with Gasteiger partial charge in [0.1, 0.15) is 52.7 Å². The Hall–Kier alpha value is -3.38. The van der Waals surface area contributed by atoms with Crippen LogP contribution < -0.4 is 21.9 Å². The van der Waals surface area contributed by atoms with E-state index < -0.39 is 144 Å². The fourth-order valence-electron chi connectivity index (χ4n) is 4.87. The van der Waals surface area contributed by atoms with Crippen LogP contribution >= 0.6 is 17.0 Å². The summed E-state index contributed by atoms with van der Waals surface area (Å²) < 4.78 is 294. The third-order valence-electron chi connectivity index (χ3n) is 6.71. The molecule has 0 N–H and O–H groups in total. The van der Waals surface area contributed by atoms with Gasteiger partial charge in [0, 0.05) is 0 Å². The second-order valence-corrected chi connectivity index (χ2v) is 8.80. The van der Waals surface area contributed by atoms with Crippen molar-refractivity contribution in [2.45, 2.75) is 0 Å². The molecule has 0 heterocycles. The molecule has 47 heavy (non-hydrogen) atoms. The number of hydrogen-bond donors (Lipinski definition) is 0. The molecule has 0 saturated carbocycles. The third-order valence-corrected chi connectivity index (χ3v) is 6.71. The van der Waals surface area contributed by atoms with Gasteiger partial charge < -0.3 is 0 Å². The molecule has 4 rings (SSSR count). The van der Waals surface area contributed by atoms with Gasteiger partial charge in [0.2, 0.25) is 0 Å². The molecule has 0 nitrogen and oxygen atoms in total. The second-order valence-electron chi connectivity index (χ2n) is 8.80. The van der Waals surface area contributed by atoms with Crippen molar-refractivity contribution in [1.29, 1.82) is 0 Å². The van der Waals surface area contributed by atoms with Gasteiger partial charge in [-0.15, -0.1) is 38.8 Å². The molecular weight excluding hydrogens is 766 g/mol. The van der Waals surface area contributed by atoms with Crippen LogP contribution in [0.1, 0.15) is 0 Å². The van der Waals surface area contributed by atoms with Gasteiger partial charge in [-0.2, -0.15) is 0 Å². The molecule has 0 fully saturated rings. The van der Waals surface area contributed by atoms with Crippen LogP contribution in [0.5, 0.6) is 0 Å². The maximum atomic E-state index is 15.4. The zero-order chi connectivity index (χ0) is 34.4. The van der Waals surface area contributed by atoms with Crippen molar-refractivity contribution in [1.82, 2.24) is 0 Å². The summed E-state index contributed by atoms with van der Waals surface area (Å²) in [6.07, 6.45) is -7.22. The number of halogens is 21. The molecule has 23 heteroatoms. The predicted octanol–water partition coefficient (Wildman–Crippen LogP) is 5.78. The summed E-state index contributed by atoms with van der Waals surface area (Å²) in [5, 5.41) is 0. The minimum atomic E-state index is -7.22. The standard InChI is InChI=1S/C24BF20.BrH.Li.H/c26-5-1(6(27)14(35)21(42)13(5)34)25(2-7(28)15(36)22(43)16(37)8(2)29,3-9(30)17(38)23(44)18(39)10(3)31)4-11(32)19(40)24(45)20(41)12(4)33;;;/h;1H;;/q-1;;;. The summed E-state index contributed by atoms with van der Waals surface area (Å²) in [5.74, 6) is -71.4. The Morgan fingerprint density at radius 1 is 0.191 bits per heavy atom. The van der Waals surface area contributed by atoms with Crippen molar-refractivity contribution in [3.05, 3.63) is 116 Å². The van der Waals surface area contributed by atoms with Crippen molar-refractivity contribution in [3.63, 3.8) is 0 Å². The van der Waals surface area contributed by atoms with E-state index in [9.17, 15) is 52.7 Å². The van der Waals surface area contributed by atoms with Crippen LogP contribution in [0, 0.1) is 116 Å². The summed E-state index contributed by atoms with van der Waals surface area (Å²) >= 11 is 0. The zero-order valence-corrected chi connectivity index (χ0v) is 22.3. The Labute approximate surface area is 267 Å². The molecule has 0 amide bonds. The van der Waals surface area contributed by atoms with E-state index in [1.807, 2.05) is 0 Å². The average molecular weight is 768 g/mol. The normalized spacial score (nSPS) is 11.5. The number of benzene rings is 4. The Morgan fingerprint density at radius 3 is 0.383 bits per heavy atom. The monoisotopic (exact) mass is 767 g/mol. The molecule has 0 unspecified atom stereocenters. The van der Waals surface area contributed by atoms with Crippen LogP contribution in [0.2, 0.25) is 0 Å². The molecule has 0 aliphatic carbocycles. The molecule has 0 aromatic heterocycles.